The molecule has 0 aliphatic carbocycles. The lowest BCUT2D eigenvalue weighted by Gasteiger charge is -2.15. The Labute approximate surface area is 151 Å². The fourth-order valence-electron chi connectivity index (χ4n) is 2.87. The number of methoxy groups -OCH3 is 2. The van der Waals surface area contributed by atoms with Gasteiger partial charge in [0.15, 0.2) is 17.3 Å². The molecule has 0 saturated heterocycles. The number of fused-ring (bicyclic) bond motifs is 1. The van der Waals surface area contributed by atoms with Gasteiger partial charge in [-0.25, -0.2) is 4.98 Å². The number of thioether (sulfide) groups is 1. The normalized spacial score (nSPS) is 10.7. The lowest BCUT2D eigenvalue weighted by molar-refractivity contribution is 0.103. The molecule has 0 radical (unpaired) electrons. The van der Waals surface area contributed by atoms with Crippen LogP contribution < -0.4 is 9.47 Å². The van der Waals surface area contributed by atoms with E-state index in [2.05, 4.69) is 0 Å². The van der Waals surface area contributed by atoms with E-state index in [-0.39, 0.29) is 5.78 Å². The summed E-state index contributed by atoms with van der Waals surface area (Å²) in [5.74, 6) is 1.22. The Kier molecular flexibility index (Phi) is 4.95. The molecule has 0 aliphatic rings. The molecule has 1 heterocycles. The maximum absolute atomic E-state index is 13.1. The zero-order valence-corrected chi connectivity index (χ0v) is 15.4. The minimum absolute atomic E-state index is 0.0216. The van der Waals surface area contributed by atoms with Gasteiger partial charge in [0.05, 0.1) is 25.3 Å². The summed E-state index contributed by atoms with van der Waals surface area (Å²) in [5.41, 5.74) is 2.97. The SMILES string of the molecule is COc1cc2nc(SC)c(C(=O)c3ccccc3)c(C)c2cc1OC. The van der Waals surface area contributed by atoms with E-state index >= 15 is 0 Å². The Morgan fingerprint density at radius 2 is 1.68 bits per heavy atom. The van der Waals surface area contributed by atoms with Crippen LogP contribution in [0.4, 0.5) is 0 Å². The van der Waals surface area contributed by atoms with Gasteiger partial charge in [-0.2, -0.15) is 0 Å². The minimum atomic E-state index is -0.0216. The summed E-state index contributed by atoms with van der Waals surface area (Å²) in [6.07, 6.45) is 1.93. The maximum Gasteiger partial charge on any atom is 0.196 e. The topological polar surface area (TPSA) is 48.4 Å². The maximum atomic E-state index is 13.1. The summed E-state index contributed by atoms with van der Waals surface area (Å²) < 4.78 is 10.8. The monoisotopic (exact) mass is 353 g/mol. The molecule has 0 fully saturated rings. The van der Waals surface area contributed by atoms with E-state index < -0.39 is 0 Å². The molecular formula is C20H19NO3S. The molecule has 0 unspecified atom stereocenters. The molecule has 5 heteroatoms. The van der Waals surface area contributed by atoms with Crippen LogP contribution in [-0.4, -0.2) is 31.2 Å². The number of hydrogen-bond donors (Lipinski definition) is 0. The van der Waals surface area contributed by atoms with Crippen molar-refractivity contribution in [2.45, 2.75) is 11.9 Å². The van der Waals surface area contributed by atoms with E-state index in [9.17, 15) is 4.79 Å². The van der Waals surface area contributed by atoms with Crippen molar-refractivity contribution in [3.05, 3.63) is 59.2 Å². The molecule has 3 rings (SSSR count). The van der Waals surface area contributed by atoms with Crippen molar-refractivity contribution in [3.8, 4) is 11.5 Å². The van der Waals surface area contributed by atoms with Gasteiger partial charge < -0.3 is 9.47 Å². The predicted octanol–water partition coefficient (Wildman–Crippen LogP) is 4.51. The van der Waals surface area contributed by atoms with Crippen LogP contribution in [-0.2, 0) is 0 Å². The first kappa shape index (κ1) is 17.3. The van der Waals surface area contributed by atoms with E-state index in [0.717, 1.165) is 16.5 Å². The van der Waals surface area contributed by atoms with Crippen LogP contribution in [0.25, 0.3) is 10.9 Å². The van der Waals surface area contributed by atoms with Gasteiger partial charge in [0.25, 0.3) is 0 Å². The molecule has 1 aromatic heterocycles. The van der Waals surface area contributed by atoms with Crippen molar-refractivity contribution in [2.75, 3.05) is 20.5 Å². The number of carbonyl (C=O) groups excluding carboxylic acids is 1. The summed E-state index contributed by atoms with van der Waals surface area (Å²) >= 11 is 1.47. The average molecular weight is 353 g/mol. The van der Waals surface area contributed by atoms with E-state index in [1.807, 2.05) is 55.6 Å². The number of carbonyl (C=O) groups is 1. The molecular weight excluding hydrogens is 334 g/mol. The third-order valence-corrected chi connectivity index (χ3v) is 4.86. The first-order valence-corrected chi connectivity index (χ1v) is 9.03. The highest BCUT2D eigenvalue weighted by Gasteiger charge is 2.21. The number of hydrogen-bond acceptors (Lipinski definition) is 5. The highest BCUT2D eigenvalue weighted by molar-refractivity contribution is 7.98. The fourth-order valence-corrected chi connectivity index (χ4v) is 3.51. The molecule has 0 aliphatic heterocycles. The van der Waals surface area contributed by atoms with Gasteiger partial charge in [-0.1, -0.05) is 30.3 Å². The van der Waals surface area contributed by atoms with Gasteiger partial charge in [0, 0.05) is 17.0 Å². The smallest absolute Gasteiger partial charge is 0.196 e. The van der Waals surface area contributed by atoms with Crippen molar-refractivity contribution < 1.29 is 14.3 Å². The van der Waals surface area contributed by atoms with Crippen molar-refractivity contribution in [2.24, 2.45) is 0 Å². The molecule has 25 heavy (non-hydrogen) atoms. The van der Waals surface area contributed by atoms with Crippen molar-refractivity contribution in [1.82, 2.24) is 4.98 Å². The van der Waals surface area contributed by atoms with Crippen LogP contribution in [0.2, 0.25) is 0 Å². The molecule has 128 valence electrons. The molecule has 0 bridgehead atoms. The van der Waals surface area contributed by atoms with Crippen molar-refractivity contribution in [1.29, 1.82) is 0 Å². The van der Waals surface area contributed by atoms with Crippen LogP contribution in [0.1, 0.15) is 21.5 Å². The van der Waals surface area contributed by atoms with Gasteiger partial charge in [-0.15, -0.1) is 11.8 Å². The summed E-state index contributed by atoms with van der Waals surface area (Å²) in [6.45, 7) is 1.95. The van der Waals surface area contributed by atoms with Gasteiger partial charge in [0.1, 0.15) is 5.03 Å². The Morgan fingerprint density at radius 3 is 2.28 bits per heavy atom. The third kappa shape index (κ3) is 3.07. The summed E-state index contributed by atoms with van der Waals surface area (Å²) in [6, 6.07) is 13.0. The molecule has 4 nitrogen and oxygen atoms in total. The van der Waals surface area contributed by atoms with Crippen LogP contribution in [0.15, 0.2) is 47.5 Å². The zero-order valence-electron chi connectivity index (χ0n) is 14.6. The number of benzene rings is 2. The quantitative estimate of drug-likeness (QED) is 0.499. The average Bonchev–Trinajstić information content (AvgIpc) is 2.66. The predicted molar refractivity (Wildman–Crippen MR) is 101 cm³/mol. The molecule has 0 N–H and O–H groups in total. The van der Waals surface area contributed by atoms with Crippen LogP contribution in [0.3, 0.4) is 0 Å². The van der Waals surface area contributed by atoms with Gasteiger partial charge >= 0.3 is 0 Å². The second-order valence-electron chi connectivity index (χ2n) is 5.54. The standard InChI is InChI=1S/C20H19NO3S/c1-12-14-10-16(23-2)17(24-3)11-15(14)21-20(25-4)18(12)19(22)13-8-6-5-7-9-13/h5-11H,1-4H3. The highest BCUT2D eigenvalue weighted by Crippen LogP contribution is 2.36. The number of rotatable bonds is 5. The first-order valence-electron chi connectivity index (χ1n) is 7.80. The minimum Gasteiger partial charge on any atom is -0.493 e. The summed E-state index contributed by atoms with van der Waals surface area (Å²) in [7, 11) is 3.19. The van der Waals surface area contributed by atoms with Gasteiger partial charge in [-0.05, 0) is 24.8 Å². The Morgan fingerprint density at radius 1 is 1.04 bits per heavy atom. The number of ether oxygens (including phenoxy) is 2. The highest BCUT2D eigenvalue weighted by atomic mass is 32.2. The number of pyridine rings is 1. The molecule has 3 aromatic rings. The second-order valence-corrected chi connectivity index (χ2v) is 6.34. The number of aryl methyl sites for hydroxylation is 1. The van der Waals surface area contributed by atoms with Crippen LogP contribution in [0, 0.1) is 6.92 Å². The van der Waals surface area contributed by atoms with E-state index in [0.29, 0.717) is 27.7 Å². The summed E-state index contributed by atoms with van der Waals surface area (Å²) in [4.78, 5) is 17.8. The Balaban J connectivity index is 2.28. The van der Waals surface area contributed by atoms with E-state index in [4.69, 9.17) is 14.5 Å². The van der Waals surface area contributed by atoms with Crippen LogP contribution in [0.5, 0.6) is 11.5 Å². The lowest BCUT2D eigenvalue weighted by Crippen LogP contribution is -2.08. The number of aromatic nitrogens is 1. The second kappa shape index (κ2) is 7.15. The van der Waals surface area contributed by atoms with Gasteiger partial charge in [-0.3, -0.25) is 4.79 Å². The number of ketones is 1. The lowest BCUT2D eigenvalue weighted by atomic mass is 9.97. The van der Waals surface area contributed by atoms with E-state index in [1.165, 1.54) is 11.8 Å². The fraction of sp³-hybridized carbons (Fsp3) is 0.200. The number of nitrogens with zero attached hydrogens (tertiary/aromatic N) is 1. The molecule has 0 atom stereocenters. The van der Waals surface area contributed by atoms with Crippen molar-refractivity contribution >= 4 is 28.4 Å². The Bertz CT molecular complexity index is 939. The zero-order chi connectivity index (χ0) is 18.0. The van der Waals surface area contributed by atoms with Crippen molar-refractivity contribution in [3.63, 3.8) is 0 Å². The largest absolute Gasteiger partial charge is 0.493 e. The molecule has 2 aromatic carbocycles. The summed E-state index contributed by atoms with van der Waals surface area (Å²) in [5, 5.41) is 1.60. The molecule has 0 saturated carbocycles. The Hall–Kier alpha value is -2.53. The first-order chi connectivity index (χ1) is 12.1. The van der Waals surface area contributed by atoms with E-state index in [1.54, 1.807) is 14.2 Å². The van der Waals surface area contributed by atoms with Crippen LogP contribution >= 0.6 is 11.8 Å². The third-order valence-electron chi connectivity index (χ3n) is 4.17. The van der Waals surface area contributed by atoms with Gasteiger partial charge in [0.2, 0.25) is 0 Å². The molecule has 0 spiro atoms. The molecule has 0 amide bonds.